The van der Waals surface area contributed by atoms with Crippen LogP contribution in [0.2, 0.25) is 0 Å². The monoisotopic (exact) mass is 260 g/mol. The van der Waals surface area contributed by atoms with Crippen LogP contribution in [0.25, 0.3) is 0 Å². The van der Waals surface area contributed by atoms with Crippen molar-refractivity contribution in [3.05, 3.63) is 23.8 Å². The number of nitrogens with zero attached hydrogens (tertiary/aromatic N) is 1. The van der Waals surface area contributed by atoms with Crippen molar-refractivity contribution in [2.45, 2.75) is 44.7 Å². The van der Waals surface area contributed by atoms with Crippen LogP contribution in [0.15, 0.2) is 18.2 Å². The summed E-state index contributed by atoms with van der Waals surface area (Å²) in [5, 5.41) is 0. The number of methoxy groups -OCH3 is 1. The lowest BCUT2D eigenvalue weighted by Crippen LogP contribution is -2.41. The lowest BCUT2D eigenvalue weighted by Gasteiger charge is -2.38. The van der Waals surface area contributed by atoms with E-state index >= 15 is 0 Å². The summed E-state index contributed by atoms with van der Waals surface area (Å²) >= 11 is 0. The molecule has 0 radical (unpaired) electrons. The molecule has 1 aromatic rings. The van der Waals surface area contributed by atoms with Gasteiger partial charge in [-0.3, -0.25) is 4.90 Å². The zero-order valence-corrected chi connectivity index (χ0v) is 11.8. The second-order valence-corrected chi connectivity index (χ2v) is 5.94. The molecule has 1 aliphatic carbocycles. The first kappa shape index (κ1) is 12.8. The summed E-state index contributed by atoms with van der Waals surface area (Å²) in [7, 11) is 1.71. The minimum Gasteiger partial charge on any atom is -0.497 e. The van der Waals surface area contributed by atoms with Gasteiger partial charge in [-0.2, -0.15) is 0 Å². The molecule has 19 heavy (non-hydrogen) atoms. The predicted octanol–water partition coefficient (Wildman–Crippen LogP) is 3.04. The lowest BCUT2D eigenvalue weighted by atomic mass is 9.91. The number of anilines is 1. The Morgan fingerprint density at radius 3 is 2.95 bits per heavy atom. The highest BCUT2D eigenvalue weighted by molar-refractivity contribution is 5.50. The number of benzene rings is 1. The standard InChI is InChI=1S/C16H24N2O/c1-19-14-7-8-15(17)13(10-14)11-18-9-3-5-12-4-2-6-16(12)18/h7-8,10,12,16H,2-6,9,11,17H2,1H3. The van der Waals surface area contributed by atoms with E-state index in [-0.39, 0.29) is 0 Å². The van der Waals surface area contributed by atoms with Crippen molar-refractivity contribution in [1.29, 1.82) is 0 Å². The van der Waals surface area contributed by atoms with Gasteiger partial charge in [0.25, 0.3) is 0 Å². The van der Waals surface area contributed by atoms with E-state index in [0.29, 0.717) is 0 Å². The first-order valence-corrected chi connectivity index (χ1v) is 7.44. The van der Waals surface area contributed by atoms with Gasteiger partial charge in [-0.05, 0) is 61.9 Å². The summed E-state index contributed by atoms with van der Waals surface area (Å²) in [6.07, 6.45) is 6.96. The molecule has 0 spiro atoms. The van der Waals surface area contributed by atoms with Gasteiger partial charge in [0.2, 0.25) is 0 Å². The summed E-state index contributed by atoms with van der Waals surface area (Å²) in [4.78, 5) is 2.65. The Bertz CT molecular complexity index is 446. The maximum atomic E-state index is 6.12. The van der Waals surface area contributed by atoms with Crippen molar-refractivity contribution in [2.24, 2.45) is 5.92 Å². The largest absolute Gasteiger partial charge is 0.497 e. The zero-order valence-electron chi connectivity index (χ0n) is 11.8. The van der Waals surface area contributed by atoms with Gasteiger partial charge in [0.1, 0.15) is 5.75 Å². The molecule has 104 valence electrons. The Kier molecular flexibility index (Phi) is 3.65. The highest BCUT2D eigenvalue weighted by Crippen LogP contribution is 2.37. The number of hydrogen-bond donors (Lipinski definition) is 1. The SMILES string of the molecule is COc1ccc(N)c(CN2CCCC3CCCC32)c1. The maximum Gasteiger partial charge on any atom is 0.119 e. The molecule has 0 amide bonds. The summed E-state index contributed by atoms with van der Waals surface area (Å²) in [5.41, 5.74) is 8.22. The Balaban J connectivity index is 1.76. The van der Waals surface area contributed by atoms with Crippen molar-refractivity contribution in [3.63, 3.8) is 0 Å². The van der Waals surface area contributed by atoms with Crippen molar-refractivity contribution < 1.29 is 4.74 Å². The fourth-order valence-corrected chi connectivity index (χ4v) is 3.82. The fraction of sp³-hybridized carbons (Fsp3) is 0.625. The van der Waals surface area contributed by atoms with E-state index in [1.807, 2.05) is 12.1 Å². The molecule has 2 N–H and O–H groups in total. The molecule has 2 aliphatic rings. The number of nitrogens with two attached hydrogens (primary N) is 1. The third-order valence-corrected chi connectivity index (χ3v) is 4.83. The molecule has 1 saturated carbocycles. The van der Waals surface area contributed by atoms with E-state index in [9.17, 15) is 0 Å². The first-order chi connectivity index (χ1) is 9.28. The molecule has 1 aliphatic heterocycles. The van der Waals surface area contributed by atoms with E-state index in [1.165, 1.54) is 44.2 Å². The van der Waals surface area contributed by atoms with Gasteiger partial charge in [-0.1, -0.05) is 6.42 Å². The van der Waals surface area contributed by atoms with Gasteiger partial charge in [-0.25, -0.2) is 0 Å². The van der Waals surface area contributed by atoms with Crippen LogP contribution in [0, 0.1) is 5.92 Å². The van der Waals surface area contributed by atoms with Crippen LogP contribution in [-0.2, 0) is 6.54 Å². The van der Waals surface area contributed by atoms with Crippen LogP contribution in [0.4, 0.5) is 5.69 Å². The van der Waals surface area contributed by atoms with E-state index in [1.54, 1.807) is 7.11 Å². The predicted molar refractivity (Wildman–Crippen MR) is 78.2 cm³/mol. The number of ether oxygens (including phenoxy) is 1. The number of hydrogen-bond acceptors (Lipinski definition) is 3. The maximum absolute atomic E-state index is 6.12. The van der Waals surface area contributed by atoms with Crippen LogP contribution in [0.5, 0.6) is 5.75 Å². The van der Waals surface area contributed by atoms with Gasteiger partial charge in [0, 0.05) is 18.3 Å². The molecule has 1 saturated heterocycles. The molecule has 2 unspecified atom stereocenters. The zero-order chi connectivity index (χ0) is 13.2. The van der Waals surface area contributed by atoms with Crippen LogP contribution < -0.4 is 10.5 Å². The average Bonchev–Trinajstić information content (AvgIpc) is 2.90. The summed E-state index contributed by atoms with van der Waals surface area (Å²) < 4.78 is 5.31. The van der Waals surface area contributed by atoms with Crippen LogP contribution >= 0.6 is 0 Å². The highest BCUT2D eigenvalue weighted by Gasteiger charge is 2.34. The van der Waals surface area contributed by atoms with Crippen LogP contribution in [0.1, 0.15) is 37.7 Å². The minimum absolute atomic E-state index is 0.791. The molecule has 2 fully saturated rings. The molecule has 1 heterocycles. The molecule has 1 aromatic carbocycles. The van der Waals surface area contributed by atoms with Gasteiger partial charge >= 0.3 is 0 Å². The van der Waals surface area contributed by atoms with Crippen LogP contribution in [-0.4, -0.2) is 24.6 Å². The van der Waals surface area contributed by atoms with E-state index in [0.717, 1.165) is 29.9 Å². The number of fused-ring (bicyclic) bond motifs is 1. The van der Waals surface area contributed by atoms with E-state index in [4.69, 9.17) is 10.5 Å². The average molecular weight is 260 g/mol. The number of rotatable bonds is 3. The Hall–Kier alpha value is -1.22. The van der Waals surface area contributed by atoms with Crippen molar-refractivity contribution in [1.82, 2.24) is 4.90 Å². The summed E-state index contributed by atoms with van der Waals surface area (Å²) in [5.74, 6) is 1.84. The molecule has 3 nitrogen and oxygen atoms in total. The second-order valence-electron chi connectivity index (χ2n) is 5.94. The second kappa shape index (κ2) is 5.41. The smallest absolute Gasteiger partial charge is 0.119 e. The molecule has 0 aromatic heterocycles. The molecule has 0 bridgehead atoms. The van der Waals surface area contributed by atoms with Gasteiger partial charge < -0.3 is 10.5 Å². The number of likely N-dealkylation sites (tertiary alicyclic amines) is 1. The Morgan fingerprint density at radius 1 is 1.26 bits per heavy atom. The highest BCUT2D eigenvalue weighted by atomic mass is 16.5. The third-order valence-electron chi connectivity index (χ3n) is 4.83. The van der Waals surface area contributed by atoms with Gasteiger partial charge in [0.05, 0.1) is 7.11 Å². The first-order valence-electron chi connectivity index (χ1n) is 7.44. The van der Waals surface area contributed by atoms with Crippen molar-refractivity contribution in [2.75, 3.05) is 19.4 Å². The third kappa shape index (κ3) is 2.57. The van der Waals surface area contributed by atoms with Gasteiger partial charge in [-0.15, -0.1) is 0 Å². The van der Waals surface area contributed by atoms with Gasteiger partial charge in [0.15, 0.2) is 0 Å². The van der Waals surface area contributed by atoms with E-state index < -0.39 is 0 Å². The molecule has 3 rings (SSSR count). The Morgan fingerprint density at radius 2 is 2.11 bits per heavy atom. The van der Waals surface area contributed by atoms with Crippen molar-refractivity contribution in [3.8, 4) is 5.75 Å². The topological polar surface area (TPSA) is 38.5 Å². The number of piperidine rings is 1. The molecule has 2 atom stereocenters. The fourth-order valence-electron chi connectivity index (χ4n) is 3.82. The summed E-state index contributed by atoms with van der Waals surface area (Å²) in [6.45, 7) is 2.20. The molecular weight excluding hydrogens is 236 g/mol. The quantitative estimate of drug-likeness (QED) is 0.849. The molecule has 3 heteroatoms. The van der Waals surface area contributed by atoms with Crippen molar-refractivity contribution >= 4 is 5.69 Å². The van der Waals surface area contributed by atoms with Crippen LogP contribution in [0.3, 0.4) is 0 Å². The number of nitrogen functional groups attached to an aromatic ring is 1. The lowest BCUT2D eigenvalue weighted by molar-refractivity contribution is 0.106. The normalized spacial score (nSPS) is 27.2. The minimum atomic E-state index is 0.791. The summed E-state index contributed by atoms with van der Waals surface area (Å²) in [6, 6.07) is 6.78. The molecular formula is C16H24N2O. The van der Waals surface area contributed by atoms with E-state index in [2.05, 4.69) is 11.0 Å². The Labute approximate surface area is 115 Å².